The van der Waals surface area contributed by atoms with Crippen LogP contribution in [0.5, 0.6) is 0 Å². The maximum atomic E-state index is 12.5. The smallest absolute Gasteiger partial charge is 0.271 e. The van der Waals surface area contributed by atoms with Crippen molar-refractivity contribution >= 4 is 21.4 Å². The molecule has 2 rings (SSSR count). The van der Waals surface area contributed by atoms with E-state index in [-0.39, 0.29) is 28.8 Å². The Balaban J connectivity index is 2.26. The Kier molecular flexibility index (Phi) is 4.45. The van der Waals surface area contributed by atoms with Crippen LogP contribution in [0.25, 0.3) is 0 Å². The molecule has 21 heavy (non-hydrogen) atoms. The van der Waals surface area contributed by atoms with Gasteiger partial charge in [-0.3, -0.25) is 10.1 Å². The summed E-state index contributed by atoms with van der Waals surface area (Å²) in [4.78, 5) is 9.91. The third-order valence-electron chi connectivity index (χ3n) is 3.65. The number of hydrogen-bond donors (Lipinski definition) is 2. The molecule has 9 heteroatoms. The van der Waals surface area contributed by atoms with Gasteiger partial charge >= 0.3 is 0 Å². The van der Waals surface area contributed by atoms with Crippen LogP contribution in [0.3, 0.4) is 0 Å². The molecule has 0 amide bonds. The summed E-state index contributed by atoms with van der Waals surface area (Å²) in [5.41, 5.74) is 5.28. The van der Waals surface area contributed by atoms with Gasteiger partial charge in [0.15, 0.2) is 0 Å². The normalized spacial score (nSPS) is 17.8. The van der Waals surface area contributed by atoms with Gasteiger partial charge in [0.05, 0.1) is 10.6 Å². The highest BCUT2D eigenvalue weighted by Gasteiger charge is 2.31. The molecule has 1 aliphatic heterocycles. The van der Waals surface area contributed by atoms with Crippen molar-refractivity contribution in [2.45, 2.75) is 17.7 Å². The fourth-order valence-corrected chi connectivity index (χ4v) is 3.92. The zero-order chi connectivity index (χ0) is 15.6. The number of anilines is 1. The molecule has 0 unspecified atom stereocenters. The number of aliphatic hydroxyl groups is 1. The lowest BCUT2D eigenvalue weighted by molar-refractivity contribution is -0.384. The van der Waals surface area contributed by atoms with Crippen molar-refractivity contribution in [2.75, 3.05) is 25.4 Å². The number of nitrogen functional groups attached to an aromatic ring is 1. The maximum Gasteiger partial charge on any atom is 0.271 e. The molecule has 3 N–H and O–H groups in total. The van der Waals surface area contributed by atoms with Gasteiger partial charge in [0.2, 0.25) is 10.0 Å². The molecular formula is C12H17N3O5S. The lowest BCUT2D eigenvalue weighted by Gasteiger charge is -2.30. The monoisotopic (exact) mass is 315 g/mol. The van der Waals surface area contributed by atoms with E-state index in [4.69, 9.17) is 10.8 Å². The van der Waals surface area contributed by atoms with Gasteiger partial charge in [0, 0.05) is 31.8 Å². The molecule has 1 heterocycles. The molecule has 1 aromatic rings. The summed E-state index contributed by atoms with van der Waals surface area (Å²) in [5, 5.41) is 19.7. The number of non-ortho nitro benzene ring substituents is 1. The number of piperidine rings is 1. The number of nitro benzene ring substituents is 1. The zero-order valence-electron chi connectivity index (χ0n) is 11.3. The number of nitrogens with two attached hydrogens (primary N) is 1. The summed E-state index contributed by atoms with van der Waals surface area (Å²) in [7, 11) is -3.76. The average Bonchev–Trinajstić information content (AvgIpc) is 2.46. The molecule has 1 aromatic carbocycles. The van der Waals surface area contributed by atoms with Crippen molar-refractivity contribution in [1.29, 1.82) is 0 Å². The average molecular weight is 315 g/mol. The summed E-state index contributed by atoms with van der Waals surface area (Å²) in [6.45, 7) is 0.668. The first-order valence-electron chi connectivity index (χ1n) is 6.51. The Morgan fingerprint density at radius 1 is 1.38 bits per heavy atom. The first kappa shape index (κ1) is 15.7. The molecule has 1 fully saturated rings. The molecule has 116 valence electrons. The van der Waals surface area contributed by atoms with Crippen LogP contribution in [0.1, 0.15) is 12.8 Å². The van der Waals surface area contributed by atoms with E-state index in [0.717, 1.165) is 12.1 Å². The van der Waals surface area contributed by atoms with Crippen LogP contribution in [0, 0.1) is 16.0 Å². The molecule has 0 aromatic heterocycles. The Morgan fingerprint density at radius 3 is 2.48 bits per heavy atom. The Bertz CT molecular complexity index is 638. The van der Waals surface area contributed by atoms with E-state index >= 15 is 0 Å². The molecule has 1 aliphatic rings. The van der Waals surface area contributed by atoms with Crippen molar-refractivity contribution in [3.63, 3.8) is 0 Å². The van der Waals surface area contributed by atoms with Crippen LogP contribution in [-0.2, 0) is 10.0 Å². The van der Waals surface area contributed by atoms with Crippen molar-refractivity contribution in [1.82, 2.24) is 4.31 Å². The molecule has 0 bridgehead atoms. The zero-order valence-corrected chi connectivity index (χ0v) is 12.1. The largest absolute Gasteiger partial charge is 0.397 e. The second-order valence-electron chi connectivity index (χ2n) is 5.01. The standard InChI is InChI=1S/C12H17N3O5S/c13-11-7-10(15(17)18)1-2-12(11)21(19,20)14-5-3-9(8-16)4-6-14/h1-2,7,9,16H,3-6,8,13H2. The van der Waals surface area contributed by atoms with E-state index in [1.165, 1.54) is 10.4 Å². The number of hydrogen-bond acceptors (Lipinski definition) is 6. The minimum Gasteiger partial charge on any atom is -0.397 e. The van der Waals surface area contributed by atoms with Gasteiger partial charge in [0.1, 0.15) is 4.90 Å². The summed E-state index contributed by atoms with van der Waals surface area (Å²) in [5.74, 6) is 0.116. The fourth-order valence-electron chi connectivity index (χ4n) is 2.36. The highest BCUT2D eigenvalue weighted by atomic mass is 32.2. The maximum absolute atomic E-state index is 12.5. The van der Waals surface area contributed by atoms with E-state index in [1.807, 2.05) is 0 Å². The van der Waals surface area contributed by atoms with Crippen LogP contribution in [0.2, 0.25) is 0 Å². The van der Waals surface area contributed by atoms with E-state index in [9.17, 15) is 18.5 Å². The number of benzene rings is 1. The number of aliphatic hydroxyl groups excluding tert-OH is 1. The van der Waals surface area contributed by atoms with E-state index in [2.05, 4.69) is 0 Å². The summed E-state index contributed by atoms with van der Waals surface area (Å²) < 4.78 is 26.3. The van der Waals surface area contributed by atoms with E-state index in [0.29, 0.717) is 25.9 Å². The van der Waals surface area contributed by atoms with Gasteiger partial charge in [-0.25, -0.2) is 8.42 Å². The Labute approximate surface area is 122 Å². The Morgan fingerprint density at radius 2 is 2.00 bits per heavy atom. The topological polar surface area (TPSA) is 127 Å². The van der Waals surface area contributed by atoms with Crippen molar-refractivity contribution < 1.29 is 18.4 Å². The highest BCUT2D eigenvalue weighted by Crippen LogP contribution is 2.29. The first-order chi connectivity index (χ1) is 9.86. The van der Waals surface area contributed by atoms with Crippen LogP contribution >= 0.6 is 0 Å². The number of rotatable bonds is 4. The molecule has 0 saturated carbocycles. The molecule has 0 radical (unpaired) electrons. The molecular weight excluding hydrogens is 298 g/mol. The minimum absolute atomic E-state index is 0.0492. The van der Waals surface area contributed by atoms with Crippen molar-refractivity contribution in [3.8, 4) is 0 Å². The van der Waals surface area contributed by atoms with Gasteiger partial charge in [-0.05, 0) is 24.8 Å². The van der Waals surface area contributed by atoms with Gasteiger partial charge in [-0.15, -0.1) is 0 Å². The second-order valence-corrected chi connectivity index (χ2v) is 6.92. The third kappa shape index (κ3) is 3.14. The van der Waals surface area contributed by atoms with Crippen LogP contribution in [-0.4, -0.2) is 42.4 Å². The minimum atomic E-state index is -3.76. The summed E-state index contributed by atoms with van der Waals surface area (Å²) in [6, 6.07) is 3.35. The molecule has 0 atom stereocenters. The van der Waals surface area contributed by atoms with Gasteiger partial charge in [0.25, 0.3) is 5.69 Å². The number of sulfonamides is 1. The Hall–Kier alpha value is -1.71. The summed E-state index contributed by atoms with van der Waals surface area (Å²) >= 11 is 0. The second kappa shape index (κ2) is 5.96. The van der Waals surface area contributed by atoms with Crippen molar-refractivity contribution in [2.24, 2.45) is 5.92 Å². The van der Waals surface area contributed by atoms with Gasteiger partial charge in [-0.2, -0.15) is 4.31 Å². The third-order valence-corrected chi connectivity index (χ3v) is 5.63. The fraction of sp³-hybridized carbons (Fsp3) is 0.500. The lowest BCUT2D eigenvalue weighted by atomic mass is 10.00. The van der Waals surface area contributed by atoms with E-state index in [1.54, 1.807) is 0 Å². The van der Waals surface area contributed by atoms with Crippen LogP contribution < -0.4 is 5.73 Å². The quantitative estimate of drug-likeness (QED) is 0.475. The summed E-state index contributed by atoms with van der Waals surface area (Å²) in [6.07, 6.45) is 1.17. The molecule has 0 spiro atoms. The predicted molar refractivity (Wildman–Crippen MR) is 76.1 cm³/mol. The number of nitro groups is 1. The molecule has 8 nitrogen and oxygen atoms in total. The molecule has 0 aliphatic carbocycles. The van der Waals surface area contributed by atoms with Crippen LogP contribution in [0.4, 0.5) is 11.4 Å². The van der Waals surface area contributed by atoms with Gasteiger partial charge < -0.3 is 10.8 Å². The predicted octanol–water partition coefficient (Wildman–Crippen LogP) is 0.570. The number of nitrogens with zero attached hydrogens (tertiary/aromatic N) is 2. The SMILES string of the molecule is Nc1cc([N+](=O)[O-])ccc1S(=O)(=O)N1CCC(CO)CC1. The van der Waals surface area contributed by atoms with Crippen LogP contribution in [0.15, 0.2) is 23.1 Å². The first-order valence-corrected chi connectivity index (χ1v) is 7.95. The molecule has 1 saturated heterocycles. The lowest BCUT2D eigenvalue weighted by Crippen LogP contribution is -2.39. The van der Waals surface area contributed by atoms with Gasteiger partial charge in [-0.1, -0.05) is 0 Å². The highest BCUT2D eigenvalue weighted by molar-refractivity contribution is 7.89. The van der Waals surface area contributed by atoms with Crippen molar-refractivity contribution in [3.05, 3.63) is 28.3 Å². The van der Waals surface area contributed by atoms with E-state index < -0.39 is 14.9 Å².